The molecule has 8 nitrogen and oxygen atoms in total. The molecule has 1 heterocycles. The third kappa shape index (κ3) is 9.93. The van der Waals surface area contributed by atoms with Crippen LogP contribution in [0.3, 0.4) is 0 Å². The molecule has 2 amide bonds. The van der Waals surface area contributed by atoms with E-state index < -0.39 is 41.7 Å². The van der Waals surface area contributed by atoms with Gasteiger partial charge in [-0.3, -0.25) is 19.7 Å². The zero-order chi connectivity index (χ0) is 29.4. The maximum Gasteiger partial charge on any atom is 0.451 e. The Morgan fingerprint density at radius 2 is 1.90 bits per heavy atom. The van der Waals surface area contributed by atoms with Gasteiger partial charge < -0.3 is 10.1 Å². The Labute approximate surface area is 229 Å². The number of alkyl halides is 3. The molecular formula is C28H42F3N5O3. The Bertz CT molecular complexity index is 980. The molecule has 0 spiro atoms. The van der Waals surface area contributed by atoms with Crippen LogP contribution in [0.2, 0.25) is 0 Å². The minimum Gasteiger partial charge on any atom is -0.444 e. The number of hydrogen-bond acceptors (Lipinski definition) is 5. The van der Waals surface area contributed by atoms with Gasteiger partial charge in [-0.05, 0) is 97.3 Å². The molecule has 0 bridgehead atoms. The van der Waals surface area contributed by atoms with E-state index in [1.807, 2.05) is 6.92 Å². The summed E-state index contributed by atoms with van der Waals surface area (Å²) in [5.74, 6) is -1.48. The van der Waals surface area contributed by atoms with Crippen LogP contribution >= 0.6 is 0 Å². The highest BCUT2D eigenvalue weighted by Gasteiger charge is 2.46. The number of rotatable bonds is 11. The highest BCUT2D eigenvalue weighted by molar-refractivity contribution is 5.96. The number of allylic oxidation sites excluding steroid dienone is 1. The van der Waals surface area contributed by atoms with Gasteiger partial charge in [-0.25, -0.2) is 9.79 Å². The third-order valence-electron chi connectivity index (χ3n) is 6.71. The van der Waals surface area contributed by atoms with E-state index in [2.05, 4.69) is 33.6 Å². The van der Waals surface area contributed by atoms with Crippen LogP contribution < -0.4 is 5.32 Å². The van der Waals surface area contributed by atoms with Gasteiger partial charge in [0.15, 0.2) is 0 Å². The second kappa shape index (κ2) is 13.9. The summed E-state index contributed by atoms with van der Waals surface area (Å²) in [4.78, 5) is 39.2. The molecule has 1 N–H and O–H groups in total. The van der Waals surface area contributed by atoms with Gasteiger partial charge in [-0.15, -0.1) is 6.58 Å². The van der Waals surface area contributed by atoms with E-state index in [1.165, 1.54) is 11.8 Å². The van der Waals surface area contributed by atoms with Crippen molar-refractivity contribution in [3.63, 3.8) is 0 Å². The Balaban J connectivity index is 2.36. The summed E-state index contributed by atoms with van der Waals surface area (Å²) in [6.45, 7) is 15.8. The van der Waals surface area contributed by atoms with E-state index in [0.29, 0.717) is 6.42 Å². The summed E-state index contributed by atoms with van der Waals surface area (Å²) in [5, 5.41) is 2.84. The zero-order valence-corrected chi connectivity index (χ0v) is 23.6. The fourth-order valence-corrected chi connectivity index (χ4v) is 4.72. The molecule has 1 aliphatic carbocycles. The van der Waals surface area contributed by atoms with Gasteiger partial charge in [0.05, 0.1) is 6.04 Å². The number of carbonyl (C=O) groups excluding carboxylic acids is 2. The van der Waals surface area contributed by atoms with Crippen LogP contribution in [-0.4, -0.2) is 72.1 Å². The molecule has 2 aliphatic rings. The van der Waals surface area contributed by atoms with Crippen molar-refractivity contribution in [2.75, 3.05) is 6.54 Å². The standard InChI is InChI=1S/C28H42F3N5O3/c1-8-10-11-20-15-23(36(18(20)3)26(38)39-27(4,5)6)24(37)35-22(14-21(16-32-7)19-12-13-19)17-34-25(33-9-2)28(29,30)31/h8,16-20,22-23H,1,7,9-15H2,2-6H3,(H,35,37)/b21-16+,33-25?,34-17?/t18-,20+,22?,23-/m0/s1. The normalized spacial score (nSPS) is 23.6. The second-order valence-corrected chi connectivity index (χ2v) is 11.1. The van der Waals surface area contributed by atoms with Gasteiger partial charge in [-0.2, -0.15) is 13.2 Å². The highest BCUT2D eigenvalue weighted by Crippen LogP contribution is 2.39. The summed E-state index contributed by atoms with van der Waals surface area (Å²) >= 11 is 0. The van der Waals surface area contributed by atoms with E-state index >= 15 is 0 Å². The summed E-state index contributed by atoms with van der Waals surface area (Å²) < 4.78 is 45.9. The van der Waals surface area contributed by atoms with Crippen molar-refractivity contribution in [3.8, 4) is 0 Å². The predicted octanol–water partition coefficient (Wildman–Crippen LogP) is 5.89. The number of amidine groups is 1. The first kappa shape index (κ1) is 32.2. The maximum atomic E-state index is 13.6. The van der Waals surface area contributed by atoms with Crippen molar-refractivity contribution < 1.29 is 27.5 Å². The minimum atomic E-state index is -4.73. The van der Waals surface area contributed by atoms with Gasteiger partial charge in [0, 0.05) is 25.0 Å². The van der Waals surface area contributed by atoms with Crippen LogP contribution in [0, 0.1) is 11.8 Å². The molecule has 2 rings (SSSR count). The molecule has 11 heteroatoms. The lowest BCUT2D eigenvalue weighted by molar-refractivity contribution is -0.126. The summed E-state index contributed by atoms with van der Waals surface area (Å²) in [6, 6.07) is -2.00. The molecule has 218 valence electrons. The molecule has 39 heavy (non-hydrogen) atoms. The summed E-state index contributed by atoms with van der Waals surface area (Å²) in [5.41, 5.74) is 0.107. The molecule has 1 saturated carbocycles. The lowest BCUT2D eigenvalue weighted by Gasteiger charge is -2.32. The van der Waals surface area contributed by atoms with Crippen molar-refractivity contribution in [1.29, 1.82) is 0 Å². The Hall–Kier alpha value is -2.98. The molecule has 4 atom stereocenters. The molecule has 1 aliphatic heterocycles. The average Bonchev–Trinajstić information content (AvgIpc) is 3.61. The third-order valence-corrected chi connectivity index (χ3v) is 6.71. The van der Waals surface area contributed by atoms with E-state index in [1.54, 1.807) is 33.0 Å². The first-order valence-corrected chi connectivity index (χ1v) is 13.4. The summed E-state index contributed by atoms with van der Waals surface area (Å²) in [6.07, 6.45) is 3.05. The topological polar surface area (TPSA) is 95.7 Å². The minimum absolute atomic E-state index is 0.0267. The number of hydrogen-bond donors (Lipinski definition) is 1. The molecule has 0 aromatic rings. The smallest absolute Gasteiger partial charge is 0.444 e. The van der Waals surface area contributed by atoms with Gasteiger partial charge >= 0.3 is 12.3 Å². The number of nitrogens with zero attached hydrogens (tertiary/aromatic N) is 4. The summed E-state index contributed by atoms with van der Waals surface area (Å²) in [7, 11) is 0. The van der Waals surface area contributed by atoms with Crippen LogP contribution in [-0.2, 0) is 9.53 Å². The predicted molar refractivity (Wildman–Crippen MR) is 148 cm³/mol. The van der Waals surface area contributed by atoms with E-state index in [4.69, 9.17) is 4.74 Å². The molecule has 2 fully saturated rings. The zero-order valence-electron chi connectivity index (χ0n) is 23.6. The lowest BCUT2D eigenvalue weighted by Crippen LogP contribution is -2.52. The molecule has 0 aromatic carbocycles. The van der Waals surface area contributed by atoms with Crippen LogP contribution in [0.4, 0.5) is 18.0 Å². The molecule has 1 unspecified atom stereocenters. The molecular weight excluding hydrogens is 511 g/mol. The molecule has 1 saturated heterocycles. The number of ether oxygens (including phenoxy) is 1. The SMILES string of the molecule is C=CCC[C@@H]1C[C@@H](C(=O)NC(C=NC(=NCC)C(F)(F)F)C/C(=C\N=C)C2CC2)N(C(=O)OC(C)(C)C)[C@H]1C. The van der Waals surface area contributed by atoms with Gasteiger partial charge in [-0.1, -0.05) is 6.08 Å². The Morgan fingerprint density at radius 1 is 1.23 bits per heavy atom. The van der Waals surface area contributed by atoms with Crippen molar-refractivity contribution >= 4 is 30.8 Å². The second-order valence-electron chi connectivity index (χ2n) is 11.1. The average molecular weight is 554 g/mol. The number of aliphatic imine (C=N–C) groups is 3. The van der Waals surface area contributed by atoms with E-state index in [-0.39, 0.29) is 30.8 Å². The van der Waals surface area contributed by atoms with Gasteiger partial charge in [0.1, 0.15) is 11.6 Å². The first-order valence-electron chi connectivity index (χ1n) is 13.4. The van der Waals surface area contributed by atoms with E-state index in [0.717, 1.165) is 37.5 Å². The van der Waals surface area contributed by atoms with Crippen LogP contribution in [0.5, 0.6) is 0 Å². The van der Waals surface area contributed by atoms with Crippen LogP contribution in [0.15, 0.2) is 39.4 Å². The first-order chi connectivity index (χ1) is 18.2. The number of carbonyl (C=O) groups is 2. The maximum absolute atomic E-state index is 13.6. The number of likely N-dealkylation sites (tertiary alicyclic amines) is 1. The monoisotopic (exact) mass is 553 g/mol. The van der Waals surface area contributed by atoms with Crippen molar-refractivity contribution in [2.45, 2.75) is 103 Å². The van der Waals surface area contributed by atoms with Gasteiger partial charge in [0.2, 0.25) is 11.7 Å². The Kier molecular flexibility index (Phi) is 11.5. The van der Waals surface area contributed by atoms with Crippen molar-refractivity contribution in [2.24, 2.45) is 26.8 Å². The van der Waals surface area contributed by atoms with Crippen LogP contribution in [0.25, 0.3) is 0 Å². The molecule has 0 radical (unpaired) electrons. The quantitative estimate of drug-likeness (QED) is 0.196. The van der Waals surface area contributed by atoms with Crippen molar-refractivity contribution in [3.05, 3.63) is 24.4 Å². The van der Waals surface area contributed by atoms with Gasteiger partial charge in [0.25, 0.3) is 0 Å². The van der Waals surface area contributed by atoms with E-state index in [9.17, 15) is 22.8 Å². The molecule has 0 aromatic heterocycles. The highest BCUT2D eigenvalue weighted by atomic mass is 19.4. The lowest BCUT2D eigenvalue weighted by atomic mass is 9.94. The van der Waals surface area contributed by atoms with Crippen LogP contribution in [0.1, 0.15) is 73.1 Å². The van der Waals surface area contributed by atoms with Crippen molar-refractivity contribution in [1.82, 2.24) is 10.2 Å². The number of amides is 2. The Morgan fingerprint density at radius 3 is 2.41 bits per heavy atom. The fraction of sp³-hybridized carbons (Fsp3) is 0.679. The fourth-order valence-electron chi connectivity index (χ4n) is 4.72. The number of nitrogens with one attached hydrogen (secondary N) is 1. The largest absolute Gasteiger partial charge is 0.451 e. The number of halogens is 3.